The van der Waals surface area contributed by atoms with Crippen molar-refractivity contribution in [3.63, 3.8) is 0 Å². The molecule has 2 aromatic rings. The van der Waals surface area contributed by atoms with E-state index >= 15 is 0 Å². The fourth-order valence-electron chi connectivity index (χ4n) is 2.15. The van der Waals surface area contributed by atoms with Gasteiger partial charge in [0.15, 0.2) is 0 Å². The van der Waals surface area contributed by atoms with Gasteiger partial charge in [-0.05, 0) is 43.2 Å². The Morgan fingerprint density at radius 2 is 1.76 bits per heavy atom. The Hall–Kier alpha value is -2.29. The van der Waals surface area contributed by atoms with E-state index in [1.165, 1.54) is 5.56 Å². The molecule has 0 unspecified atom stereocenters. The van der Waals surface area contributed by atoms with Crippen LogP contribution in [0.4, 0.5) is 11.4 Å². The summed E-state index contributed by atoms with van der Waals surface area (Å²) < 4.78 is 0. The van der Waals surface area contributed by atoms with Crippen LogP contribution in [0.15, 0.2) is 48.5 Å². The smallest absolute Gasteiger partial charge is 0.228 e. The molecule has 0 aliphatic carbocycles. The number of nitrogens with one attached hydrogen (secondary N) is 2. The molecular formula is C18H22N2O. The lowest BCUT2D eigenvalue weighted by atomic mass is 10.1. The highest BCUT2D eigenvalue weighted by Crippen LogP contribution is 2.14. The van der Waals surface area contributed by atoms with E-state index in [0.717, 1.165) is 29.9 Å². The standard InChI is InChI=1S/C18H22N2O/c1-3-11-19-16-7-9-17(10-8-16)20-18(21)13-15-6-4-5-14(2)12-15/h4-10,12,19H,3,11,13H2,1-2H3,(H,20,21). The van der Waals surface area contributed by atoms with Crippen molar-refractivity contribution in [1.82, 2.24) is 0 Å². The summed E-state index contributed by atoms with van der Waals surface area (Å²) in [5.74, 6) is 0.00914. The van der Waals surface area contributed by atoms with E-state index in [1.807, 2.05) is 55.5 Å². The molecule has 21 heavy (non-hydrogen) atoms. The Kier molecular flexibility index (Phi) is 5.38. The molecule has 2 aromatic carbocycles. The van der Waals surface area contributed by atoms with Crippen molar-refractivity contribution in [2.75, 3.05) is 17.2 Å². The molecule has 0 aromatic heterocycles. The van der Waals surface area contributed by atoms with Gasteiger partial charge in [-0.25, -0.2) is 0 Å². The monoisotopic (exact) mass is 282 g/mol. The van der Waals surface area contributed by atoms with Crippen molar-refractivity contribution in [3.8, 4) is 0 Å². The lowest BCUT2D eigenvalue weighted by Gasteiger charge is -2.08. The van der Waals surface area contributed by atoms with Crippen molar-refractivity contribution in [3.05, 3.63) is 59.7 Å². The topological polar surface area (TPSA) is 41.1 Å². The summed E-state index contributed by atoms with van der Waals surface area (Å²) in [6.07, 6.45) is 1.49. The van der Waals surface area contributed by atoms with Crippen LogP contribution in [0.25, 0.3) is 0 Å². The molecular weight excluding hydrogens is 260 g/mol. The van der Waals surface area contributed by atoms with Crippen LogP contribution in [0, 0.1) is 6.92 Å². The lowest BCUT2D eigenvalue weighted by Crippen LogP contribution is -2.14. The quantitative estimate of drug-likeness (QED) is 0.841. The van der Waals surface area contributed by atoms with Crippen LogP contribution in [0.5, 0.6) is 0 Å². The first-order chi connectivity index (χ1) is 10.2. The van der Waals surface area contributed by atoms with E-state index in [0.29, 0.717) is 6.42 Å². The maximum Gasteiger partial charge on any atom is 0.228 e. The summed E-state index contributed by atoms with van der Waals surface area (Å²) in [5.41, 5.74) is 4.11. The van der Waals surface area contributed by atoms with E-state index in [4.69, 9.17) is 0 Å². The number of benzene rings is 2. The number of carbonyl (C=O) groups is 1. The molecule has 1 amide bonds. The Morgan fingerprint density at radius 1 is 1.05 bits per heavy atom. The number of carbonyl (C=O) groups excluding carboxylic acids is 1. The number of anilines is 2. The molecule has 0 radical (unpaired) electrons. The number of aryl methyl sites for hydroxylation is 1. The molecule has 110 valence electrons. The van der Waals surface area contributed by atoms with Gasteiger partial charge in [-0.2, -0.15) is 0 Å². The van der Waals surface area contributed by atoms with Crippen molar-refractivity contribution in [1.29, 1.82) is 0 Å². The molecule has 0 spiro atoms. The Labute approximate surface area is 126 Å². The van der Waals surface area contributed by atoms with Crippen molar-refractivity contribution >= 4 is 17.3 Å². The maximum absolute atomic E-state index is 12.0. The number of hydrogen-bond donors (Lipinski definition) is 2. The SMILES string of the molecule is CCCNc1ccc(NC(=O)Cc2cccc(C)c2)cc1. The highest BCUT2D eigenvalue weighted by molar-refractivity contribution is 5.92. The molecule has 0 heterocycles. The Balaban J connectivity index is 1.90. The first-order valence-electron chi connectivity index (χ1n) is 7.36. The molecule has 0 bridgehead atoms. The van der Waals surface area contributed by atoms with Crippen LogP contribution in [-0.2, 0) is 11.2 Å². The van der Waals surface area contributed by atoms with Gasteiger partial charge in [0.25, 0.3) is 0 Å². The third kappa shape index (κ3) is 4.95. The highest BCUT2D eigenvalue weighted by atomic mass is 16.1. The van der Waals surface area contributed by atoms with E-state index in [2.05, 4.69) is 17.6 Å². The Morgan fingerprint density at radius 3 is 2.43 bits per heavy atom. The number of amides is 1. The minimum absolute atomic E-state index is 0.00914. The van der Waals surface area contributed by atoms with Crippen LogP contribution >= 0.6 is 0 Å². The molecule has 3 nitrogen and oxygen atoms in total. The minimum Gasteiger partial charge on any atom is -0.385 e. The van der Waals surface area contributed by atoms with Gasteiger partial charge in [-0.15, -0.1) is 0 Å². The first kappa shape index (κ1) is 15.1. The minimum atomic E-state index is 0.00914. The number of hydrogen-bond acceptors (Lipinski definition) is 2. The van der Waals surface area contributed by atoms with Gasteiger partial charge in [-0.3, -0.25) is 4.79 Å². The van der Waals surface area contributed by atoms with Crippen LogP contribution < -0.4 is 10.6 Å². The molecule has 0 saturated heterocycles. The van der Waals surface area contributed by atoms with Gasteiger partial charge in [0.05, 0.1) is 6.42 Å². The average Bonchev–Trinajstić information content (AvgIpc) is 2.46. The second-order valence-corrected chi connectivity index (χ2v) is 5.22. The normalized spacial score (nSPS) is 10.2. The molecule has 0 aliphatic heterocycles. The molecule has 3 heteroatoms. The van der Waals surface area contributed by atoms with Gasteiger partial charge in [0.1, 0.15) is 0 Å². The van der Waals surface area contributed by atoms with Crippen molar-refractivity contribution in [2.24, 2.45) is 0 Å². The molecule has 2 N–H and O–H groups in total. The fourth-order valence-corrected chi connectivity index (χ4v) is 2.15. The second-order valence-electron chi connectivity index (χ2n) is 5.22. The molecule has 2 rings (SSSR count). The van der Waals surface area contributed by atoms with E-state index in [9.17, 15) is 4.79 Å². The zero-order valence-corrected chi connectivity index (χ0v) is 12.6. The predicted octanol–water partition coefficient (Wildman–Crippen LogP) is 4.00. The van der Waals surface area contributed by atoms with Gasteiger partial charge in [0, 0.05) is 17.9 Å². The summed E-state index contributed by atoms with van der Waals surface area (Å²) in [4.78, 5) is 12.0. The zero-order chi connectivity index (χ0) is 15.1. The van der Waals surface area contributed by atoms with E-state index < -0.39 is 0 Å². The van der Waals surface area contributed by atoms with E-state index in [1.54, 1.807) is 0 Å². The van der Waals surface area contributed by atoms with Crippen LogP contribution in [0.2, 0.25) is 0 Å². The van der Waals surface area contributed by atoms with Gasteiger partial charge >= 0.3 is 0 Å². The van der Waals surface area contributed by atoms with Crippen molar-refractivity contribution < 1.29 is 4.79 Å². The molecule has 0 fully saturated rings. The first-order valence-corrected chi connectivity index (χ1v) is 7.36. The van der Waals surface area contributed by atoms with Crippen LogP contribution in [0.3, 0.4) is 0 Å². The predicted molar refractivity (Wildman–Crippen MR) is 88.7 cm³/mol. The lowest BCUT2D eigenvalue weighted by molar-refractivity contribution is -0.115. The molecule has 0 aliphatic rings. The summed E-state index contributed by atoms with van der Waals surface area (Å²) >= 11 is 0. The van der Waals surface area contributed by atoms with Gasteiger partial charge < -0.3 is 10.6 Å². The van der Waals surface area contributed by atoms with Gasteiger partial charge in [0.2, 0.25) is 5.91 Å². The molecule has 0 atom stereocenters. The second kappa shape index (κ2) is 7.48. The third-order valence-corrected chi connectivity index (χ3v) is 3.19. The number of rotatable bonds is 6. The average molecular weight is 282 g/mol. The summed E-state index contributed by atoms with van der Waals surface area (Å²) in [6, 6.07) is 15.8. The zero-order valence-electron chi connectivity index (χ0n) is 12.6. The maximum atomic E-state index is 12.0. The molecule has 0 saturated carbocycles. The van der Waals surface area contributed by atoms with Crippen LogP contribution in [0.1, 0.15) is 24.5 Å². The van der Waals surface area contributed by atoms with Crippen LogP contribution in [-0.4, -0.2) is 12.5 Å². The summed E-state index contributed by atoms with van der Waals surface area (Å²) in [7, 11) is 0. The third-order valence-electron chi connectivity index (χ3n) is 3.19. The largest absolute Gasteiger partial charge is 0.385 e. The van der Waals surface area contributed by atoms with E-state index in [-0.39, 0.29) is 5.91 Å². The van der Waals surface area contributed by atoms with Gasteiger partial charge in [-0.1, -0.05) is 36.8 Å². The summed E-state index contributed by atoms with van der Waals surface area (Å²) in [6.45, 7) is 5.12. The highest BCUT2D eigenvalue weighted by Gasteiger charge is 2.04. The summed E-state index contributed by atoms with van der Waals surface area (Å²) in [5, 5.41) is 6.23. The fraction of sp³-hybridized carbons (Fsp3) is 0.278. The Bertz CT molecular complexity index is 590. The van der Waals surface area contributed by atoms with Crippen molar-refractivity contribution in [2.45, 2.75) is 26.7 Å².